The smallest absolute Gasteiger partial charge is 0.264 e. The number of nitrogens with one attached hydrogen (secondary N) is 1. The maximum atomic E-state index is 13.3. The number of rotatable bonds is 12. The first-order chi connectivity index (χ1) is 40.7. The number of aryl methyl sites for hydroxylation is 3. The molecule has 0 bridgehead atoms. The van der Waals surface area contributed by atoms with E-state index in [2.05, 4.69) is 31.2 Å². The van der Waals surface area contributed by atoms with E-state index in [1.807, 2.05) is 56.5 Å². The van der Waals surface area contributed by atoms with Gasteiger partial charge in [0.05, 0.1) is 12.2 Å². The largest absolute Gasteiger partial charge is 0.472 e. The number of ether oxygens (including phenoxy) is 2. The molecule has 0 saturated carbocycles. The minimum atomic E-state index is -0.370. The summed E-state index contributed by atoms with van der Waals surface area (Å²) < 4.78 is 81.8. The summed E-state index contributed by atoms with van der Waals surface area (Å²) in [5.41, 5.74) is 6.94. The van der Waals surface area contributed by atoms with Crippen LogP contribution in [0.5, 0.6) is 11.8 Å². The van der Waals surface area contributed by atoms with Gasteiger partial charge in [0.25, 0.3) is 11.5 Å². The first-order valence-electron chi connectivity index (χ1n) is 27.6. The van der Waals surface area contributed by atoms with E-state index in [9.17, 15) is 41.1 Å². The van der Waals surface area contributed by atoms with E-state index in [1.54, 1.807) is 47.4 Å². The third-order valence-corrected chi connectivity index (χ3v) is 15.1. The van der Waals surface area contributed by atoms with Crippen molar-refractivity contribution in [2.24, 2.45) is 11.8 Å². The standard InChI is InChI=1S/C22H21FN2O2.C21H19F2N3O2.C15H15FN2O2.C7H6BrF/c23-19-10-8-17(9-11-19)22(26)18-7-4-12-25-20(13-18)14-21(24-25)27-15-16-5-2-1-3-6-16;22-17-7-5-16(6-8-17)21(27)25-9-2-10-26-19(13-25)12-20(24-26)28-14-15-3-1-4-18(23)11-15;16-12-5-3-10(4-6-12)15(20)11-2-1-7-18-13(8-11)9-14(19)17-18;8-5-6-2-1-3-7(9)4-6/h1-3,5-6,8-11,14,18H,4,7,12-13,15H2;1,3-8,11-12H,2,9-10,13-14H2;3-6,9,11H,1-2,7-8H2,(H,17,19);1-4H,5H2. The SMILES string of the molecule is Fc1cccc(CBr)c1.O=C(c1ccc(F)cc1)C1CCCn2[nH]c(=O)cc2C1.O=C(c1ccc(F)cc1)C1CCCn2nc(OCc3ccccc3)cc2C1.O=C(c1ccc(F)cc1)N1CCCn2nc(OCc3cccc(F)c3)cc2C1. The zero-order valence-electron chi connectivity index (χ0n) is 45.8. The van der Waals surface area contributed by atoms with Crippen LogP contribution in [0.25, 0.3) is 0 Å². The van der Waals surface area contributed by atoms with Gasteiger partial charge in [-0.1, -0.05) is 70.5 Å². The van der Waals surface area contributed by atoms with Crippen molar-refractivity contribution in [3.8, 4) is 11.8 Å². The van der Waals surface area contributed by atoms with Crippen molar-refractivity contribution >= 4 is 33.4 Å². The summed E-state index contributed by atoms with van der Waals surface area (Å²) in [6.45, 7) is 3.85. The van der Waals surface area contributed by atoms with E-state index in [0.29, 0.717) is 72.9 Å². The Kier molecular flexibility index (Phi) is 20.7. The van der Waals surface area contributed by atoms with Crippen LogP contribution in [0, 0.1) is 40.9 Å². The van der Waals surface area contributed by atoms with E-state index in [0.717, 1.165) is 79.0 Å². The fraction of sp³-hybridized carbons (Fsp3) is 0.262. The number of H-pyrrole nitrogens is 1. The highest BCUT2D eigenvalue weighted by atomic mass is 79.9. The van der Waals surface area contributed by atoms with E-state index in [1.165, 1.54) is 84.9 Å². The molecule has 6 aromatic carbocycles. The Morgan fingerprint density at radius 3 is 1.56 bits per heavy atom. The number of nitrogens with zero attached hydrogens (tertiary/aromatic N) is 6. The normalized spacial score (nSPS) is 15.2. The molecule has 2 unspecified atom stereocenters. The number of carbonyl (C=O) groups is 3. The molecule has 0 spiro atoms. The summed E-state index contributed by atoms with van der Waals surface area (Å²) >= 11 is 3.22. The molecular formula is C65H61BrF5N7O6. The zero-order chi connectivity index (χ0) is 59.0. The summed E-state index contributed by atoms with van der Waals surface area (Å²) in [5, 5.41) is 12.4. The summed E-state index contributed by atoms with van der Waals surface area (Å²) in [5.74, 6) is -0.818. The summed E-state index contributed by atoms with van der Waals surface area (Å²) in [6.07, 6.45) is 5.23. The number of hydrogen-bond acceptors (Lipinski definition) is 8. The van der Waals surface area contributed by atoms with Crippen molar-refractivity contribution < 1.29 is 45.8 Å². The van der Waals surface area contributed by atoms with Gasteiger partial charge in [0.15, 0.2) is 11.6 Å². The number of hydrogen-bond donors (Lipinski definition) is 1. The molecule has 3 aromatic heterocycles. The Bertz CT molecular complexity index is 3700. The second-order valence-corrected chi connectivity index (χ2v) is 21.1. The Morgan fingerprint density at radius 1 is 0.500 bits per heavy atom. The molecule has 9 aromatic rings. The molecule has 434 valence electrons. The highest BCUT2D eigenvalue weighted by Gasteiger charge is 2.27. The van der Waals surface area contributed by atoms with Gasteiger partial charge in [0, 0.05) is 89.6 Å². The highest BCUT2D eigenvalue weighted by Crippen LogP contribution is 2.28. The maximum absolute atomic E-state index is 13.3. The first-order valence-corrected chi connectivity index (χ1v) is 28.8. The lowest BCUT2D eigenvalue weighted by atomic mass is 9.90. The molecule has 12 rings (SSSR count). The van der Waals surface area contributed by atoms with Gasteiger partial charge in [-0.25, -0.2) is 22.0 Å². The Hall–Kier alpha value is -8.71. The number of amides is 1. The van der Waals surface area contributed by atoms with Crippen LogP contribution in [-0.4, -0.2) is 58.3 Å². The van der Waals surface area contributed by atoms with Crippen LogP contribution in [0.15, 0.2) is 175 Å². The number of aromatic amines is 1. The Morgan fingerprint density at radius 2 is 0.988 bits per heavy atom. The molecule has 84 heavy (non-hydrogen) atoms. The lowest BCUT2D eigenvalue weighted by Crippen LogP contribution is -2.30. The Balaban J connectivity index is 0.000000142. The fourth-order valence-electron chi connectivity index (χ4n) is 10.1. The molecule has 1 amide bonds. The van der Waals surface area contributed by atoms with Crippen LogP contribution in [0.3, 0.4) is 0 Å². The van der Waals surface area contributed by atoms with Crippen LogP contribution in [0.2, 0.25) is 0 Å². The fourth-order valence-corrected chi connectivity index (χ4v) is 10.5. The predicted molar refractivity (Wildman–Crippen MR) is 310 cm³/mol. The number of alkyl halides is 1. The monoisotopic (exact) mass is 1210 g/mol. The van der Waals surface area contributed by atoms with Crippen LogP contribution >= 0.6 is 15.9 Å². The molecule has 0 aliphatic carbocycles. The lowest BCUT2D eigenvalue weighted by Gasteiger charge is -2.20. The first kappa shape index (κ1) is 59.9. The molecule has 6 heterocycles. The number of carbonyl (C=O) groups excluding carboxylic acids is 3. The molecule has 0 radical (unpaired) electrons. The summed E-state index contributed by atoms with van der Waals surface area (Å²) in [6, 6.07) is 45.0. The molecule has 0 fully saturated rings. The van der Waals surface area contributed by atoms with Gasteiger partial charge in [0.1, 0.15) is 42.3 Å². The number of aromatic nitrogens is 6. The number of ketones is 2. The van der Waals surface area contributed by atoms with Crippen LogP contribution in [0.1, 0.15) is 97.0 Å². The second-order valence-electron chi connectivity index (χ2n) is 20.5. The van der Waals surface area contributed by atoms with Gasteiger partial charge in [-0.2, -0.15) is 0 Å². The van der Waals surface area contributed by atoms with E-state index in [4.69, 9.17) is 9.47 Å². The van der Waals surface area contributed by atoms with Crippen molar-refractivity contribution in [2.45, 2.75) is 89.7 Å². The molecule has 2 atom stereocenters. The number of Topliss-reactive ketones (excluding diaryl/α,β-unsaturated/α-hetero) is 2. The molecular weight excluding hydrogens is 1150 g/mol. The van der Waals surface area contributed by atoms with Crippen molar-refractivity contribution in [1.29, 1.82) is 0 Å². The molecule has 19 heteroatoms. The quantitative estimate of drug-likeness (QED) is 0.0723. The molecule has 0 saturated heterocycles. The minimum Gasteiger partial charge on any atom is -0.472 e. The van der Waals surface area contributed by atoms with Crippen molar-refractivity contribution in [1.82, 2.24) is 34.2 Å². The van der Waals surface area contributed by atoms with E-state index < -0.39 is 0 Å². The molecule has 13 nitrogen and oxygen atoms in total. The van der Waals surface area contributed by atoms with E-state index >= 15 is 0 Å². The van der Waals surface area contributed by atoms with Crippen molar-refractivity contribution in [2.75, 3.05) is 6.54 Å². The highest BCUT2D eigenvalue weighted by molar-refractivity contribution is 9.08. The molecule has 3 aliphatic rings. The third-order valence-electron chi connectivity index (χ3n) is 14.4. The van der Waals surface area contributed by atoms with Gasteiger partial charge in [-0.3, -0.25) is 38.3 Å². The van der Waals surface area contributed by atoms with Crippen molar-refractivity contribution in [3.63, 3.8) is 0 Å². The molecule has 3 aliphatic heterocycles. The predicted octanol–water partition coefficient (Wildman–Crippen LogP) is 13.1. The number of benzene rings is 6. The van der Waals surface area contributed by atoms with Crippen molar-refractivity contribution in [3.05, 3.63) is 260 Å². The lowest BCUT2D eigenvalue weighted by molar-refractivity contribution is 0.0745. The average Bonchev–Trinajstić information content (AvgIpc) is 4.21. The Labute approximate surface area is 490 Å². The average molecular weight is 1210 g/mol. The maximum Gasteiger partial charge on any atom is 0.264 e. The number of fused-ring (bicyclic) bond motifs is 3. The van der Waals surface area contributed by atoms with E-state index in [-0.39, 0.29) is 70.6 Å². The van der Waals surface area contributed by atoms with Gasteiger partial charge in [-0.05, 0) is 159 Å². The number of halogens is 6. The zero-order valence-corrected chi connectivity index (χ0v) is 47.4. The van der Waals surface area contributed by atoms with Gasteiger partial charge in [-0.15, -0.1) is 10.2 Å². The van der Waals surface area contributed by atoms with Crippen LogP contribution in [0.4, 0.5) is 22.0 Å². The van der Waals surface area contributed by atoms with Crippen LogP contribution < -0.4 is 15.0 Å². The molecule has 1 N–H and O–H groups in total. The summed E-state index contributed by atoms with van der Waals surface area (Å²) in [4.78, 5) is 51.1. The third kappa shape index (κ3) is 16.7. The second kappa shape index (κ2) is 29.0. The summed E-state index contributed by atoms with van der Waals surface area (Å²) in [7, 11) is 0. The minimum absolute atomic E-state index is 0.0205. The van der Waals surface area contributed by atoms with Gasteiger partial charge >= 0.3 is 0 Å². The topological polar surface area (TPSA) is 146 Å². The van der Waals surface area contributed by atoms with Crippen LogP contribution in [-0.2, 0) is 57.6 Å². The van der Waals surface area contributed by atoms with Gasteiger partial charge in [0.2, 0.25) is 11.8 Å². The van der Waals surface area contributed by atoms with Gasteiger partial charge < -0.3 is 14.4 Å².